The third-order valence-corrected chi connectivity index (χ3v) is 4.92. The monoisotopic (exact) mass is 297 g/mol. The molecule has 110 valence electrons. The van der Waals surface area contributed by atoms with Crippen LogP contribution in [0.5, 0.6) is 0 Å². The highest BCUT2D eigenvalue weighted by atomic mass is 35.5. The van der Waals surface area contributed by atoms with E-state index in [1.54, 1.807) is 18.2 Å². The molecule has 3 rings (SSSR count). The molecule has 2 unspecified atom stereocenters. The van der Waals surface area contributed by atoms with Crippen LogP contribution in [0.4, 0.5) is 4.39 Å². The number of halogens is 2. The van der Waals surface area contributed by atoms with E-state index in [4.69, 9.17) is 17.3 Å². The van der Waals surface area contributed by atoms with Gasteiger partial charge in [0, 0.05) is 37.8 Å². The predicted octanol–water partition coefficient (Wildman–Crippen LogP) is 2.26. The van der Waals surface area contributed by atoms with Gasteiger partial charge in [-0.3, -0.25) is 9.80 Å². The first-order valence-corrected chi connectivity index (χ1v) is 7.70. The second-order valence-electron chi connectivity index (χ2n) is 5.72. The van der Waals surface area contributed by atoms with Crippen molar-refractivity contribution in [1.29, 1.82) is 0 Å². The Morgan fingerprint density at radius 3 is 3.00 bits per heavy atom. The van der Waals surface area contributed by atoms with E-state index in [9.17, 15) is 4.39 Å². The van der Waals surface area contributed by atoms with Gasteiger partial charge in [0.15, 0.2) is 0 Å². The Bertz CT molecular complexity index is 482. The van der Waals surface area contributed by atoms with Crippen molar-refractivity contribution in [3.63, 3.8) is 0 Å². The maximum absolute atomic E-state index is 14.2. The van der Waals surface area contributed by atoms with E-state index in [1.165, 1.54) is 19.4 Å². The number of nitrogens with zero attached hydrogens (tertiary/aromatic N) is 2. The Morgan fingerprint density at radius 2 is 2.20 bits per heavy atom. The maximum Gasteiger partial charge on any atom is 0.146 e. The van der Waals surface area contributed by atoms with Gasteiger partial charge in [-0.2, -0.15) is 0 Å². The highest BCUT2D eigenvalue weighted by Crippen LogP contribution is 2.30. The van der Waals surface area contributed by atoms with Crippen LogP contribution in [0.15, 0.2) is 18.2 Å². The van der Waals surface area contributed by atoms with Crippen molar-refractivity contribution in [2.45, 2.75) is 24.9 Å². The zero-order chi connectivity index (χ0) is 14.1. The molecule has 2 heterocycles. The molecule has 2 aliphatic heterocycles. The lowest BCUT2D eigenvalue weighted by atomic mass is 10.0. The molecule has 20 heavy (non-hydrogen) atoms. The molecular weight excluding hydrogens is 277 g/mol. The SMILES string of the molecule is NCC(c1cccc(Cl)c1F)N1CCN2CCCC2C1. The Hall–Kier alpha value is -0.680. The summed E-state index contributed by atoms with van der Waals surface area (Å²) in [6.45, 7) is 4.61. The first kappa shape index (κ1) is 14.3. The molecular formula is C15H21ClFN3. The molecule has 0 aromatic heterocycles. The molecule has 0 amide bonds. The van der Waals surface area contributed by atoms with Gasteiger partial charge in [-0.25, -0.2) is 4.39 Å². The molecule has 5 heteroatoms. The summed E-state index contributed by atoms with van der Waals surface area (Å²) in [6, 6.07) is 5.73. The van der Waals surface area contributed by atoms with E-state index in [-0.39, 0.29) is 16.9 Å². The number of hydrogen-bond donors (Lipinski definition) is 1. The highest BCUT2D eigenvalue weighted by molar-refractivity contribution is 6.30. The summed E-state index contributed by atoms with van der Waals surface area (Å²) in [4.78, 5) is 4.86. The van der Waals surface area contributed by atoms with Gasteiger partial charge >= 0.3 is 0 Å². The average molecular weight is 298 g/mol. The topological polar surface area (TPSA) is 32.5 Å². The number of rotatable bonds is 3. The van der Waals surface area contributed by atoms with Crippen LogP contribution in [0.3, 0.4) is 0 Å². The molecule has 2 fully saturated rings. The Kier molecular flexibility index (Phi) is 4.26. The van der Waals surface area contributed by atoms with Gasteiger partial charge in [-0.05, 0) is 25.5 Å². The summed E-state index contributed by atoms with van der Waals surface area (Å²) >= 11 is 5.90. The van der Waals surface area contributed by atoms with Gasteiger partial charge in [0.2, 0.25) is 0 Å². The van der Waals surface area contributed by atoms with E-state index >= 15 is 0 Å². The Morgan fingerprint density at radius 1 is 1.35 bits per heavy atom. The van der Waals surface area contributed by atoms with E-state index in [0.717, 1.165) is 19.6 Å². The van der Waals surface area contributed by atoms with Crippen molar-refractivity contribution in [2.24, 2.45) is 5.73 Å². The molecule has 3 nitrogen and oxygen atoms in total. The predicted molar refractivity (Wildman–Crippen MR) is 79.4 cm³/mol. The van der Waals surface area contributed by atoms with Gasteiger partial charge in [0.25, 0.3) is 0 Å². The van der Waals surface area contributed by atoms with Gasteiger partial charge in [-0.1, -0.05) is 23.7 Å². The number of fused-ring (bicyclic) bond motifs is 1. The van der Waals surface area contributed by atoms with Gasteiger partial charge < -0.3 is 5.73 Å². The fraction of sp³-hybridized carbons (Fsp3) is 0.600. The lowest BCUT2D eigenvalue weighted by Crippen LogP contribution is -2.52. The van der Waals surface area contributed by atoms with Crippen LogP contribution in [0.25, 0.3) is 0 Å². The highest BCUT2D eigenvalue weighted by Gasteiger charge is 2.34. The van der Waals surface area contributed by atoms with Crippen molar-refractivity contribution in [1.82, 2.24) is 9.80 Å². The molecule has 1 aromatic rings. The summed E-state index contributed by atoms with van der Waals surface area (Å²) in [7, 11) is 0. The molecule has 1 aromatic carbocycles. The van der Waals surface area contributed by atoms with Crippen molar-refractivity contribution in [2.75, 3.05) is 32.7 Å². The molecule has 0 radical (unpaired) electrons. The standard InChI is InChI=1S/C15H21ClFN3/c16-13-5-1-4-12(15(13)17)14(9-18)20-8-7-19-6-2-3-11(19)10-20/h1,4-5,11,14H,2-3,6-10,18H2. The molecule has 2 N–H and O–H groups in total. The fourth-order valence-corrected chi connectivity index (χ4v) is 3.73. The summed E-state index contributed by atoms with van der Waals surface area (Å²) < 4.78 is 14.2. The van der Waals surface area contributed by atoms with Crippen LogP contribution in [0.2, 0.25) is 5.02 Å². The van der Waals surface area contributed by atoms with Crippen molar-refractivity contribution in [3.05, 3.63) is 34.6 Å². The summed E-state index contributed by atoms with van der Waals surface area (Å²) in [5, 5.41) is 0.181. The Labute approximate surface area is 124 Å². The second-order valence-corrected chi connectivity index (χ2v) is 6.13. The molecule has 0 spiro atoms. The zero-order valence-electron chi connectivity index (χ0n) is 11.6. The number of piperazine rings is 1. The van der Waals surface area contributed by atoms with Crippen LogP contribution in [-0.4, -0.2) is 48.6 Å². The normalized spacial score (nSPS) is 25.6. The third-order valence-electron chi connectivity index (χ3n) is 4.62. The van der Waals surface area contributed by atoms with Crippen LogP contribution in [0.1, 0.15) is 24.4 Å². The minimum Gasteiger partial charge on any atom is -0.329 e. The van der Waals surface area contributed by atoms with Crippen LogP contribution >= 0.6 is 11.6 Å². The largest absolute Gasteiger partial charge is 0.329 e. The van der Waals surface area contributed by atoms with E-state index < -0.39 is 0 Å². The van der Waals surface area contributed by atoms with Crippen molar-refractivity contribution in [3.8, 4) is 0 Å². The fourth-order valence-electron chi connectivity index (χ4n) is 3.55. The molecule has 0 aliphatic carbocycles. The lowest BCUT2D eigenvalue weighted by molar-refractivity contribution is 0.0725. The molecule has 0 saturated carbocycles. The molecule has 2 atom stereocenters. The van der Waals surface area contributed by atoms with Crippen LogP contribution < -0.4 is 5.73 Å². The minimum absolute atomic E-state index is 0.0727. The molecule has 2 saturated heterocycles. The first-order chi connectivity index (χ1) is 9.70. The van der Waals surface area contributed by atoms with E-state index in [1.807, 2.05) is 0 Å². The summed E-state index contributed by atoms with van der Waals surface area (Å²) in [6.07, 6.45) is 2.52. The van der Waals surface area contributed by atoms with Crippen molar-refractivity contribution < 1.29 is 4.39 Å². The number of benzene rings is 1. The van der Waals surface area contributed by atoms with Gasteiger partial charge in [0.05, 0.1) is 11.1 Å². The van der Waals surface area contributed by atoms with E-state index in [2.05, 4.69) is 9.80 Å². The number of hydrogen-bond acceptors (Lipinski definition) is 3. The average Bonchev–Trinajstić information content (AvgIpc) is 2.92. The number of nitrogens with two attached hydrogens (primary N) is 1. The van der Waals surface area contributed by atoms with Crippen LogP contribution in [0, 0.1) is 5.82 Å². The Balaban J connectivity index is 1.81. The second kappa shape index (κ2) is 5.98. The minimum atomic E-state index is -0.321. The van der Waals surface area contributed by atoms with Gasteiger partial charge in [0.1, 0.15) is 5.82 Å². The zero-order valence-corrected chi connectivity index (χ0v) is 12.3. The smallest absolute Gasteiger partial charge is 0.146 e. The first-order valence-electron chi connectivity index (χ1n) is 7.32. The lowest BCUT2D eigenvalue weighted by Gasteiger charge is -2.41. The van der Waals surface area contributed by atoms with Crippen LogP contribution in [-0.2, 0) is 0 Å². The summed E-state index contributed by atoms with van der Waals surface area (Å²) in [5.74, 6) is -0.321. The molecule has 0 bridgehead atoms. The quantitative estimate of drug-likeness (QED) is 0.929. The summed E-state index contributed by atoms with van der Waals surface area (Å²) in [5.41, 5.74) is 6.56. The third kappa shape index (κ3) is 2.58. The van der Waals surface area contributed by atoms with E-state index in [0.29, 0.717) is 18.2 Å². The molecule has 2 aliphatic rings. The maximum atomic E-state index is 14.2. The van der Waals surface area contributed by atoms with Crippen molar-refractivity contribution >= 4 is 11.6 Å². The van der Waals surface area contributed by atoms with Gasteiger partial charge in [-0.15, -0.1) is 0 Å².